The zero-order chi connectivity index (χ0) is 26.0. The predicted molar refractivity (Wildman–Crippen MR) is 156 cm³/mol. The highest BCUT2D eigenvalue weighted by Crippen LogP contribution is 2.28. The fourth-order valence-electron chi connectivity index (χ4n) is 4.57. The summed E-state index contributed by atoms with van der Waals surface area (Å²) in [5, 5.41) is 12.2. The number of unbranched alkanes of at least 4 members (excludes halogenated alkanes) is 3. The maximum absolute atomic E-state index is 13.0. The summed E-state index contributed by atoms with van der Waals surface area (Å²) < 4.78 is 2.17. The van der Waals surface area contributed by atoms with E-state index >= 15 is 0 Å². The van der Waals surface area contributed by atoms with E-state index in [0.717, 1.165) is 79.7 Å². The van der Waals surface area contributed by atoms with Crippen molar-refractivity contribution in [3.63, 3.8) is 0 Å². The lowest BCUT2D eigenvalue weighted by Gasteiger charge is -2.21. The number of anilines is 1. The third kappa shape index (κ3) is 6.79. The van der Waals surface area contributed by atoms with E-state index in [2.05, 4.69) is 76.0 Å². The minimum atomic E-state index is 0.0980. The average molecular weight is 516 g/mol. The Morgan fingerprint density at radius 3 is 2.35 bits per heavy atom. The van der Waals surface area contributed by atoms with Gasteiger partial charge in [-0.25, -0.2) is 0 Å². The van der Waals surface area contributed by atoms with Crippen LogP contribution in [0.4, 0.5) is 5.69 Å². The standard InChI is InChI=1S/C30H37N5OS/c1-3-34(4-2)27-17-15-24(16-18-27)28(36)22-37-30-33-32-29(35(30)20-10-6-5-9-19-31)26-14-13-23-11-7-8-12-25(23)21-26/h7-8,11-18,21H,3-6,9-10,19-20,22,31H2,1-2H3. The van der Waals surface area contributed by atoms with E-state index in [1.165, 1.54) is 22.5 Å². The molecule has 0 unspecified atom stereocenters. The van der Waals surface area contributed by atoms with Gasteiger partial charge >= 0.3 is 0 Å². The molecular formula is C30H37N5OS. The molecule has 0 aliphatic carbocycles. The van der Waals surface area contributed by atoms with Crippen LogP contribution in [0.15, 0.2) is 71.9 Å². The van der Waals surface area contributed by atoms with Gasteiger partial charge in [0.2, 0.25) is 0 Å². The minimum absolute atomic E-state index is 0.0980. The van der Waals surface area contributed by atoms with Crippen LogP contribution in [0, 0.1) is 0 Å². The second-order valence-electron chi connectivity index (χ2n) is 9.15. The maximum atomic E-state index is 13.0. The van der Waals surface area contributed by atoms with Crippen LogP contribution in [-0.4, -0.2) is 45.9 Å². The lowest BCUT2D eigenvalue weighted by atomic mass is 10.1. The molecule has 2 N–H and O–H groups in total. The molecule has 7 heteroatoms. The normalized spacial score (nSPS) is 11.2. The smallest absolute Gasteiger partial charge is 0.191 e. The van der Waals surface area contributed by atoms with E-state index in [0.29, 0.717) is 5.75 Å². The van der Waals surface area contributed by atoms with E-state index in [1.54, 1.807) is 0 Å². The Bertz CT molecular complexity index is 1300. The lowest BCUT2D eigenvalue weighted by molar-refractivity contribution is 0.102. The molecule has 0 aliphatic rings. The average Bonchev–Trinajstić information content (AvgIpc) is 3.35. The second kappa shape index (κ2) is 13.4. The number of rotatable bonds is 14. The summed E-state index contributed by atoms with van der Waals surface area (Å²) in [4.78, 5) is 15.3. The summed E-state index contributed by atoms with van der Waals surface area (Å²) >= 11 is 1.47. The number of nitrogens with two attached hydrogens (primary N) is 1. The van der Waals surface area contributed by atoms with Gasteiger partial charge in [0.15, 0.2) is 16.8 Å². The van der Waals surface area contributed by atoms with Crippen molar-refractivity contribution >= 4 is 34.0 Å². The number of nitrogens with zero attached hydrogens (tertiary/aromatic N) is 4. The van der Waals surface area contributed by atoms with Gasteiger partial charge < -0.3 is 15.2 Å². The minimum Gasteiger partial charge on any atom is -0.372 e. The molecule has 6 nitrogen and oxygen atoms in total. The van der Waals surface area contributed by atoms with E-state index in [1.807, 2.05) is 24.3 Å². The van der Waals surface area contributed by atoms with Crippen molar-refractivity contribution in [1.29, 1.82) is 0 Å². The Hall–Kier alpha value is -3.16. The van der Waals surface area contributed by atoms with Crippen molar-refractivity contribution in [3.05, 3.63) is 72.3 Å². The predicted octanol–water partition coefficient (Wildman–Crippen LogP) is 6.44. The van der Waals surface area contributed by atoms with Gasteiger partial charge in [-0.2, -0.15) is 0 Å². The molecule has 4 rings (SSSR count). The van der Waals surface area contributed by atoms with Gasteiger partial charge in [0.1, 0.15) is 0 Å². The summed E-state index contributed by atoms with van der Waals surface area (Å²) in [6.45, 7) is 7.71. The molecule has 0 amide bonds. The van der Waals surface area contributed by atoms with E-state index in [9.17, 15) is 4.79 Å². The SMILES string of the molecule is CCN(CC)c1ccc(C(=O)CSc2nnc(-c3ccc4ccccc4c3)n2CCCCCCN)cc1. The van der Waals surface area contributed by atoms with Gasteiger partial charge in [0.05, 0.1) is 5.75 Å². The van der Waals surface area contributed by atoms with E-state index in [4.69, 9.17) is 5.73 Å². The highest BCUT2D eigenvalue weighted by molar-refractivity contribution is 7.99. The lowest BCUT2D eigenvalue weighted by Crippen LogP contribution is -2.21. The third-order valence-corrected chi connectivity index (χ3v) is 7.68. The number of carbonyl (C=O) groups excluding carboxylic acids is 1. The van der Waals surface area contributed by atoms with Crippen LogP contribution in [0.3, 0.4) is 0 Å². The number of thioether (sulfide) groups is 1. The molecule has 0 saturated heterocycles. The monoisotopic (exact) mass is 515 g/mol. The fraction of sp³-hybridized carbons (Fsp3) is 0.367. The van der Waals surface area contributed by atoms with Crippen molar-refractivity contribution < 1.29 is 4.79 Å². The Morgan fingerprint density at radius 2 is 1.62 bits per heavy atom. The van der Waals surface area contributed by atoms with Crippen LogP contribution in [-0.2, 0) is 6.54 Å². The molecule has 4 aromatic rings. The summed E-state index contributed by atoms with van der Waals surface area (Å²) in [6, 6.07) is 22.7. The number of carbonyl (C=O) groups is 1. The zero-order valence-corrected chi connectivity index (χ0v) is 22.7. The molecule has 0 radical (unpaired) electrons. The topological polar surface area (TPSA) is 77.0 Å². The molecule has 194 valence electrons. The van der Waals surface area contributed by atoms with E-state index in [-0.39, 0.29) is 5.78 Å². The molecule has 0 saturated carbocycles. The molecule has 1 heterocycles. The molecule has 0 aliphatic heterocycles. The quantitative estimate of drug-likeness (QED) is 0.118. The molecule has 0 bridgehead atoms. The molecule has 37 heavy (non-hydrogen) atoms. The first-order valence-corrected chi connectivity index (χ1v) is 14.3. The highest BCUT2D eigenvalue weighted by Gasteiger charge is 2.17. The van der Waals surface area contributed by atoms with Crippen molar-refractivity contribution in [2.75, 3.05) is 30.3 Å². The fourth-order valence-corrected chi connectivity index (χ4v) is 5.43. The van der Waals surface area contributed by atoms with Gasteiger partial charge in [-0.1, -0.05) is 61.0 Å². The van der Waals surface area contributed by atoms with Crippen LogP contribution >= 0.6 is 11.8 Å². The Morgan fingerprint density at radius 1 is 0.892 bits per heavy atom. The summed E-state index contributed by atoms with van der Waals surface area (Å²) in [5.41, 5.74) is 8.58. The third-order valence-electron chi connectivity index (χ3n) is 6.71. The number of hydrogen-bond donors (Lipinski definition) is 1. The zero-order valence-electron chi connectivity index (χ0n) is 21.9. The van der Waals surface area contributed by atoms with Gasteiger partial charge in [0, 0.05) is 36.4 Å². The summed E-state index contributed by atoms with van der Waals surface area (Å²) in [6.07, 6.45) is 4.29. The van der Waals surface area contributed by atoms with Crippen LogP contribution < -0.4 is 10.6 Å². The Balaban J connectivity index is 1.51. The van der Waals surface area contributed by atoms with Gasteiger partial charge in [-0.05, 0) is 74.3 Å². The van der Waals surface area contributed by atoms with Crippen LogP contribution in [0.2, 0.25) is 0 Å². The first kappa shape index (κ1) is 26.9. The Labute approximate surface area is 224 Å². The van der Waals surface area contributed by atoms with Crippen LogP contribution in [0.5, 0.6) is 0 Å². The number of aromatic nitrogens is 3. The maximum Gasteiger partial charge on any atom is 0.191 e. The number of fused-ring (bicyclic) bond motifs is 1. The van der Waals surface area contributed by atoms with Crippen LogP contribution in [0.1, 0.15) is 49.9 Å². The molecular weight excluding hydrogens is 478 g/mol. The highest BCUT2D eigenvalue weighted by atomic mass is 32.2. The molecule has 0 fully saturated rings. The van der Waals surface area contributed by atoms with Crippen molar-refractivity contribution in [2.24, 2.45) is 5.73 Å². The molecule has 1 aromatic heterocycles. The Kier molecular flexibility index (Phi) is 9.74. The van der Waals surface area contributed by atoms with Gasteiger partial charge in [-0.15, -0.1) is 10.2 Å². The largest absolute Gasteiger partial charge is 0.372 e. The molecule has 0 spiro atoms. The van der Waals surface area contributed by atoms with Crippen LogP contribution in [0.25, 0.3) is 22.2 Å². The van der Waals surface area contributed by atoms with Crippen molar-refractivity contribution in [1.82, 2.24) is 14.8 Å². The van der Waals surface area contributed by atoms with Gasteiger partial charge in [0.25, 0.3) is 0 Å². The second-order valence-corrected chi connectivity index (χ2v) is 10.1. The first-order chi connectivity index (χ1) is 18.1. The summed E-state index contributed by atoms with van der Waals surface area (Å²) in [7, 11) is 0. The number of benzene rings is 3. The van der Waals surface area contributed by atoms with Crippen molar-refractivity contribution in [2.45, 2.75) is 51.2 Å². The molecule has 3 aromatic carbocycles. The number of Topliss-reactive ketones (excluding diaryl/α,β-unsaturated/α-hetero) is 1. The number of ketones is 1. The van der Waals surface area contributed by atoms with Crippen molar-refractivity contribution in [3.8, 4) is 11.4 Å². The first-order valence-electron chi connectivity index (χ1n) is 13.3. The summed E-state index contributed by atoms with van der Waals surface area (Å²) in [5.74, 6) is 1.28. The van der Waals surface area contributed by atoms with E-state index < -0.39 is 0 Å². The number of hydrogen-bond acceptors (Lipinski definition) is 6. The van der Waals surface area contributed by atoms with Gasteiger partial charge in [-0.3, -0.25) is 4.79 Å². The molecule has 0 atom stereocenters.